The van der Waals surface area contributed by atoms with Crippen molar-refractivity contribution in [2.24, 2.45) is 5.92 Å². The highest BCUT2D eigenvalue weighted by Gasteiger charge is 2.13. The molecule has 0 fully saturated rings. The van der Waals surface area contributed by atoms with Crippen molar-refractivity contribution in [2.75, 3.05) is 6.54 Å². The molecule has 0 radical (unpaired) electrons. The summed E-state index contributed by atoms with van der Waals surface area (Å²) in [6.45, 7) is 0.676. The van der Waals surface area contributed by atoms with Crippen molar-refractivity contribution < 1.29 is 4.79 Å². The fourth-order valence-electron chi connectivity index (χ4n) is 2.21. The molecule has 0 saturated carbocycles. The largest absolute Gasteiger partial charge is 0.356 e. The van der Waals surface area contributed by atoms with Crippen molar-refractivity contribution in [1.29, 1.82) is 0 Å². The molecule has 1 aromatic carbocycles. The van der Waals surface area contributed by atoms with Crippen LogP contribution in [0.3, 0.4) is 0 Å². The number of halogens is 1. The molecule has 1 aromatic rings. The summed E-state index contributed by atoms with van der Waals surface area (Å²) in [7, 11) is 0. The van der Waals surface area contributed by atoms with Gasteiger partial charge in [-0.1, -0.05) is 35.9 Å². The van der Waals surface area contributed by atoms with Gasteiger partial charge >= 0.3 is 0 Å². The number of amides is 1. The van der Waals surface area contributed by atoms with Crippen LogP contribution < -0.4 is 5.32 Å². The van der Waals surface area contributed by atoms with Gasteiger partial charge in [0.05, 0.1) is 0 Å². The summed E-state index contributed by atoms with van der Waals surface area (Å²) >= 11 is 5.90. The average Bonchev–Trinajstić information content (AvgIpc) is 2.82. The molecule has 1 aliphatic rings. The quantitative estimate of drug-likeness (QED) is 0.811. The summed E-state index contributed by atoms with van der Waals surface area (Å²) in [6, 6.07) is 7.75. The second-order valence-corrected chi connectivity index (χ2v) is 5.14. The Balaban J connectivity index is 1.68. The van der Waals surface area contributed by atoms with Gasteiger partial charge in [-0.2, -0.15) is 0 Å². The van der Waals surface area contributed by atoms with Gasteiger partial charge in [-0.15, -0.1) is 0 Å². The zero-order chi connectivity index (χ0) is 12.8. The van der Waals surface area contributed by atoms with Gasteiger partial charge < -0.3 is 5.32 Å². The molecular formula is C15H18ClNO. The molecule has 0 aromatic heterocycles. The number of nitrogens with one attached hydrogen (secondary N) is 1. The van der Waals surface area contributed by atoms with E-state index in [1.807, 2.05) is 24.3 Å². The lowest BCUT2D eigenvalue weighted by molar-refractivity contribution is -0.121. The van der Waals surface area contributed by atoms with Crippen molar-refractivity contribution in [3.05, 3.63) is 47.0 Å². The van der Waals surface area contributed by atoms with Crippen LogP contribution in [0.2, 0.25) is 5.02 Å². The molecular weight excluding hydrogens is 246 g/mol. The Morgan fingerprint density at radius 3 is 3.06 bits per heavy atom. The predicted molar refractivity (Wildman–Crippen MR) is 74.6 cm³/mol. The topological polar surface area (TPSA) is 29.1 Å². The monoisotopic (exact) mass is 263 g/mol. The zero-order valence-electron chi connectivity index (χ0n) is 10.4. The third-order valence-electron chi connectivity index (χ3n) is 3.18. The predicted octanol–water partition coefficient (Wildman–Crippen LogP) is 3.36. The van der Waals surface area contributed by atoms with E-state index in [0.717, 1.165) is 29.8 Å². The van der Waals surface area contributed by atoms with Crippen LogP contribution in [-0.4, -0.2) is 12.5 Å². The molecule has 0 bridgehead atoms. The summed E-state index contributed by atoms with van der Waals surface area (Å²) in [4.78, 5) is 11.7. The van der Waals surface area contributed by atoms with E-state index in [2.05, 4.69) is 17.5 Å². The third kappa shape index (κ3) is 4.19. The van der Waals surface area contributed by atoms with Crippen molar-refractivity contribution in [3.63, 3.8) is 0 Å². The molecule has 1 amide bonds. The lowest BCUT2D eigenvalue weighted by Crippen LogP contribution is -2.26. The first-order chi connectivity index (χ1) is 8.74. The van der Waals surface area contributed by atoms with Crippen LogP contribution in [0.15, 0.2) is 36.4 Å². The molecule has 0 aliphatic heterocycles. The number of benzene rings is 1. The van der Waals surface area contributed by atoms with E-state index in [1.165, 1.54) is 0 Å². The molecule has 2 nitrogen and oxygen atoms in total. The molecule has 0 saturated heterocycles. The average molecular weight is 264 g/mol. The minimum Gasteiger partial charge on any atom is -0.356 e. The lowest BCUT2D eigenvalue weighted by atomic mass is 10.1. The summed E-state index contributed by atoms with van der Waals surface area (Å²) in [5.41, 5.74) is 1.16. The van der Waals surface area contributed by atoms with Crippen molar-refractivity contribution >= 4 is 17.5 Å². The zero-order valence-corrected chi connectivity index (χ0v) is 11.1. The number of hydrogen-bond donors (Lipinski definition) is 1. The number of carbonyl (C=O) groups excluding carboxylic acids is 1. The highest BCUT2D eigenvalue weighted by Crippen LogP contribution is 2.19. The minimum atomic E-state index is 0.147. The van der Waals surface area contributed by atoms with E-state index < -0.39 is 0 Å². The van der Waals surface area contributed by atoms with E-state index in [4.69, 9.17) is 11.6 Å². The molecule has 0 spiro atoms. The normalized spacial score (nSPS) is 17.9. The molecule has 18 heavy (non-hydrogen) atoms. The Morgan fingerprint density at radius 1 is 1.44 bits per heavy atom. The van der Waals surface area contributed by atoms with Crippen LogP contribution in [0.25, 0.3) is 0 Å². The first kappa shape index (κ1) is 13.2. The number of carbonyl (C=O) groups is 1. The highest BCUT2D eigenvalue weighted by molar-refractivity contribution is 6.30. The van der Waals surface area contributed by atoms with Gasteiger partial charge in [-0.05, 0) is 42.9 Å². The molecule has 1 N–H and O–H groups in total. The lowest BCUT2D eigenvalue weighted by Gasteiger charge is -2.08. The standard InChI is InChI=1S/C15H18ClNO/c16-14-7-3-6-13(10-14)8-9-17-15(18)11-12-4-1-2-5-12/h1,3-4,6-7,10,12H,2,5,8-9,11H2,(H,17,18). The first-order valence-electron chi connectivity index (χ1n) is 6.42. The molecule has 1 unspecified atom stereocenters. The fraction of sp³-hybridized carbons (Fsp3) is 0.400. The third-order valence-corrected chi connectivity index (χ3v) is 3.42. The van der Waals surface area contributed by atoms with Crippen LogP contribution in [0.1, 0.15) is 24.8 Å². The van der Waals surface area contributed by atoms with Gasteiger partial charge in [0.1, 0.15) is 0 Å². The van der Waals surface area contributed by atoms with Crippen molar-refractivity contribution in [3.8, 4) is 0 Å². The Labute approximate surface area is 113 Å². The maximum atomic E-state index is 11.7. The van der Waals surface area contributed by atoms with Crippen molar-refractivity contribution in [1.82, 2.24) is 5.32 Å². The molecule has 1 atom stereocenters. The van der Waals surface area contributed by atoms with Crippen LogP contribution in [0.4, 0.5) is 0 Å². The Hall–Kier alpha value is -1.28. The first-order valence-corrected chi connectivity index (χ1v) is 6.79. The van der Waals surface area contributed by atoms with E-state index in [0.29, 0.717) is 18.9 Å². The summed E-state index contributed by atoms with van der Waals surface area (Å²) < 4.78 is 0. The van der Waals surface area contributed by atoms with Crippen LogP contribution in [0, 0.1) is 5.92 Å². The number of allylic oxidation sites excluding steroid dienone is 2. The van der Waals surface area contributed by atoms with Gasteiger partial charge in [-0.3, -0.25) is 4.79 Å². The van der Waals surface area contributed by atoms with Gasteiger partial charge in [-0.25, -0.2) is 0 Å². The van der Waals surface area contributed by atoms with Gasteiger partial charge in [0.25, 0.3) is 0 Å². The van der Waals surface area contributed by atoms with Crippen LogP contribution in [0.5, 0.6) is 0 Å². The van der Waals surface area contributed by atoms with Crippen LogP contribution in [-0.2, 0) is 11.2 Å². The SMILES string of the molecule is O=C(CC1C=CCC1)NCCc1cccc(Cl)c1. The molecule has 0 heterocycles. The maximum absolute atomic E-state index is 11.7. The smallest absolute Gasteiger partial charge is 0.220 e. The van der Waals surface area contributed by atoms with Crippen LogP contribution >= 0.6 is 11.6 Å². The second-order valence-electron chi connectivity index (χ2n) is 4.70. The van der Waals surface area contributed by atoms with E-state index in [9.17, 15) is 4.79 Å². The Bertz CT molecular complexity index is 442. The van der Waals surface area contributed by atoms with E-state index >= 15 is 0 Å². The Kier molecular flexibility index (Phi) is 4.82. The fourth-order valence-corrected chi connectivity index (χ4v) is 2.43. The molecule has 1 aliphatic carbocycles. The second kappa shape index (κ2) is 6.60. The maximum Gasteiger partial charge on any atom is 0.220 e. The number of rotatable bonds is 5. The number of hydrogen-bond acceptors (Lipinski definition) is 1. The molecule has 96 valence electrons. The van der Waals surface area contributed by atoms with E-state index in [1.54, 1.807) is 0 Å². The van der Waals surface area contributed by atoms with Gasteiger partial charge in [0.15, 0.2) is 0 Å². The highest BCUT2D eigenvalue weighted by atomic mass is 35.5. The van der Waals surface area contributed by atoms with Gasteiger partial charge in [0.2, 0.25) is 5.91 Å². The van der Waals surface area contributed by atoms with E-state index in [-0.39, 0.29) is 5.91 Å². The molecule has 2 rings (SSSR count). The summed E-state index contributed by atoms with van der Waals surface area (Å²) in [5.74, 6) is 0.588. The minimum absolute atomic E-state index is 0.147. The Morgan fingerprint density at radius 2 is 2.33 bits per heavy atom. The van der Waals surface area contributed by atoms with Crippen molar-refractivity contribution in [2.45, 2.75) is 25.7 Å². The summed E-state index contributed by atoms with van der Waals surface area (Å²) in [5, 5.41) is 3.71. The van der Waals surface area contributed by atoms with Gasteiger partial charge in [0, 0.05) is 18.0 Å². The summed E-state index contributed by atoms with van der Waals surface area (Å²) in [6.07, 6.45) is 7.97. The molecule has 3 heteroatoms.